The fraction of sp³-hybridized carbons (Fsp3) is 1.00. The Morgan fingerprint density at radius 1 is 0.933 bits per heavy atom. The molecular formula is C6H15LiO6P2. The largest absolute Gasteiger partial charge is 1.00 e. The van der Waals surface area contributed by atoms with E-state index in [1.54, 1.807) is 0 Å². The molecule has 0 heterocycles. The molecule has 0 fully saturated rings. The predicted octanol–water partition coefficient (Wildman–Crippen LogP) is -1.24. The van der Waals surface area contributed by atoms with Gasteiger partial charge >= 0.3 is 26.1 Å². The van der Waals surface area contributed by atoms with E-state index in [1.165, 1.54) is 20.8 Å². The number of hydrogen-bond donors (Lipinski definition) is 0. The smallest absolute Gasteiger partial charge is 0.770 e. The third-order valence-corrected chi connectivity index (χ3v) is 6.37. The molecule has 0 radical (unpaired) electrons. The molecule has 0 saturated carbocycles. The molecule has 15 heavy (non-hydrogen) atoms. The van der Waals surface area contributed by atoms with Gasteiger partial charge < -0.3 is 18.5 Å². The monoisotopic (exact) mass is 252 g/mol. The first-order chi connectivity index (χ1) is 6.43. The maximum atomic E-state index is 11.7. The zero-order valence-corrected chi connectivity index (χ0v) is 11.3. The Bertz CT molecular complexity index is 248. The minimum Gasteiger partial charge on any atom is -0.770 e. The van der Waals surface area contributed by atoms with E-state index in [9.17, 15) is 14.0 Å². The molecule has 0 bridgehead atoms. The van der Waals surface area contributed by atoms with Crippen LogP contribution in [0.15, 0.2) is 0 Å². The van der Waals surface area contributed by atoms with E-state index in [4.69, 9.17) is 0 Å². The zero-order chi connectivity index (χ0) is 11.2. The van der Waals surface area contributed by atoms with E-state index < -0.39 is 14.6 Å². The van der Waals surface area contributed by atoms with Crippen LogP contribution in [0.25, 0.3) is 0 Å². The second-order valence-electron chi connectivity index (χ2n) is 2.19. The summed E-state index contributed by atoms with van der Waals surface area (Å²) in [6, 6.07) is 0. The van der Waals surface area contributed by atoms with Gasteiger partial charge in [0.05, 0.1) is 19.8 Å². The fourth-order valence-electron chi connectivity index (χ4n) is 0.739. The van der Waals surface area contributed by atoms with Gasteiger partial charge in [-0.05, 0) is 20.8 Å². The Labute approximate surface area is 102 Å². The Morgan fingerprint density at radius 2 is 1.27 bits per heavy atom. The molecule has 6 nitrogen and oxygen atoms in total. The van der Waals surface area contributed by atoms with Gasteiger partial charge in [-0.1, -0.05) is 0 Å². The molecule has 0 amide bonds. The van der Waals surface area contributed by atoms with Gasteiger partial charge in [0.1, 0.15) is 0 Å². The summed E-state index contributed by atoms with van der Waals surface area (Å²) in [4.78, 5) is 11.3. The SMILES string of the molecule is CCOP(=O)([O-])P(=O)(OCC)OCC.[Li+]. The van der Waals surface area contributed by atoms with Crippen molar-refractivity contribution in [3.05, 3.63) is 0 Å². The normalized spacial score (nSPS) is 15.5. The average Bonchev–Trinajstić information content (AvgIpc) is 2.04. The van der Waals surface area contributed by atoms with Crippen molar-refractivity contribution < 1.29 is 46.5 Å². The molecule has 1 atom stereocenters. The van der Waals surface area contributed by atoms with Crippen LogP contribution in [0.4, 0.5) is 0 Å². The van der Waals surface area contributed by atoms with Crippen molar-refractivity contribution in [2.45, 2.75) is 20.8 Å². The molecule has 0 aromatic heterocycles. The van der Waals surface area contributed by atoms with Gasteiger partial charge in [-0.15, -0.1) is 0 Å². The third-order valence-electron chi connectivity index (χ3n) is 1.18. The van der Waals surface area contributed by atoms with Crippen LogP contribution >= 0.6 is 14.6 Å². The van der Waals surface area contributed by atoms with Gasteiger partial charge in [0.25, 0.3) is 0 Å². The van der Waals surface area contributed by atoms with Crippen molar-refractivity contribution >= 4 is 14.6 Å². The van der Waals surface area contributed by atoms with Crippen molar-refractivity contribution in [1.29, 1.82) is 0 Å². The van der Waals surface area contributed by atoms with Crippen molar-refractivity contribution in [2.75, 3.05) is 19.8 Å². The van der Waals surface area contributed by atoms with Crippen LogP contribution in [0, 0.1) is 0 Å². The molecule has 0 aromatic carbocycles. The summed E-state index contributed by atoms with van der Waals surface area (Å²) in [7, 11) is -8.75. The van der Waals surface area contributed by atoms with Crippen LogP contribution in [0.2, 0.25) is 0 Å². The zero-order valence-electron chi connectivity index (χ0n) is 9.47. The summed E-state index contributed by atoms with van der Waals surface area (Å²) in [6.07, 6.45) is 0. The minimum absolute atomic E-state index is 0. The molecular weight excluding hydrogens is 237 g/mol. The first kappa shape index (κ1) is 18.3. The van der Waals surface area contributed by atoms with Crippen molar-refractivity contribution in [3.8, 4) is 0 Å². The Hall–Kier alpha value is 0.897. The van der Waals surface area contributed by atoms with Crippen molar-refractivity contribution in [2.24, 2.45) is 0 Å². The van der Waals surface area contributed by atoms with E-state index in [-0.39, 0.29) is 38.7 Å². The molecule has 0 aliphatic carbocycles. The van der Waals surface area contributed by atoms with Gasteiger partial charge in [-0.2, -0.15) is 0 Å². The van der Waals surface area contributed by atoms with E-state index in [0.717, 1.165) is 0 Å². The predicted molar refractivity (Wildman–Crippen MR) is 50.1 cm³/mol. The fourth-order valence-corrected chi connectivity index (χ4v) is 4.53. The summed E-state index contributed by atoms with van der Waals surface area (Å²) in [5, 5.41) is 0. The Morgan fingerprint density at radius 3 is 1.53 bits per heavy atom. The maximum Gasteiger partial charge on any atom is 1.00 e. The Balaban J connectivity index is 0. The van der Waals surface area contributed by atoms with Gasteiger partial charge in [0, 0.05) is 0 Å². The number of rotatable bonds is 7. The van der Waals surface area contributed by atoms with Crippen molar-refractivity contribution in [3.63, 3.8) is 0 Å². The van der Waals surface area contributed by atoms with Gasteiger partial charge in [-0.25, -0.2) is 0 Å². The first-order valence-electron chi connectivity index (χ1n) is 4.28. The summed E-state index contributed by atoms with van der Waals surface area (Å²) in [6.45, 7) is 4.40. The molecule has 0 aliphatic rings. The van der Waals surface area contributed by atoms with E-state index in [0.29, 0.717) is 0 Å². The minimum atomic E-state index is -4.59. The summed E-state index contributed by atoms with van der Waals surface area (Å²) in [5.74, 6) is 0. The molecule has 0 aliphatic heterocycles. The molecule has 9 heteroatoms. The van der Waals surface area contributed by atoms with Gasteiger partial charge in [0.2, 0.25) is 7.28 Å². The van der Waals surface area contributed by atoms with Gasteiger partial charge in [-0.3, -0.25) is 9.13 Å². The molecule has 0 N–H and O–H groups in total. The van der Waals surface area contributed by atoms with E-state index >= 15 is 0 Å². The molecule has 0 spiro atoms. The molecule has 1 unspecified atom stereocenters. The second kappa shape index (κ2) is 8.06. The van der Waals surface area contributed by atoms with Crippen LogP contribution in [0.5, 0.6) is 0 Å². The molecule has 0 saturated heterocycles. The van der Waals surface area contributed by atoms with Crippen LogP contribution in [0.3, 0.4) is 0 Å². The molecule has 0 rings (SSSR count). The van der Waals surface area contributed by atoms with E-state index in [1.807, 2.05) is 0 Å². The second-order valence-corrected chi connectivity index (χ2v) is 7.78. The quantitative estimate of drug-likeness (QED) is 0.416. The topological polar surface area (TPSA) is 84.9 Å². The van der Waals surface area contributed by atoms with Gasteiger partial charge in [0.15, 0.2) is 0 Å². The standard InChI is InChI=1S/C6H16O6P2.Li/c1-4-10-13(7,8)14(9,11-5-2)12-6-3;/h4-6H2,1-3H3,(H,7,8);/q;+1/p-1. The molecule has 86 valence electrons. The van der Waals surface area contributed by atoms with Crippen LogP contribution < -0.4 is 23.8 Å². The Kier molecular flexibility index (Phi) is 9.81. The third kappa shape index (κ3) is 5.17. The number of hydrogen-bond acceptors (Lipinski definition) is 6. The van der Waals surface area contributed by atoms with Crippen LogP contribution in [0.1, 0.15) is 20.8 Å². The van der Waals surface area contributed by atoms with Crippen LogP contribution in [-0.4, -0.2) is 19.8 Å². The summed E-state index contributed by atoms with van der Waals surface area (Å²) < 4.78 is 36.6. The average molecular weight is 252 g/mol. The van der Waals surface area contributed by atoms with Crippen LogP contribution in [-0.2, 0) is 22.7 Å². The molecule has 0 aromatic rings. The van der Waals surface area contributed by atoms with E-state index in [2.05, 4.69) is 13.6 Å². The maximum absolute atomic E-state index is 11.7. The summed E-state index contributed by atoms with van der Waals surface area (Å²) in [5.41, 5.74) is 0. The summed E-state index contributed by atoms with van der Waals surface area (Å²) >= 11 is 0. The first-order valence-corrected chi connectivity index (χ1v) is 8.07. The van der Waals surface area contributed by atoms with Crippen molar-refractivity contribution in [1.82, 2.24) is 0 Å².